The minimum Gasteiger partial charge on any atom is -0.453 e. The predicted molar refractivity (Wildman–Crippen MR) is 182 cm³/mol. The lowest BCUT2D eigenvalue weighted by molar-refractivity contribution is -0.135. The number of methoxy groups -OCH3 is 2. The van der Waals surface area contributed by atoms with Crippen LogP contribution in [0, 0.1) is 17.8 Å². The van der Waals surface area contributed by atoms with Crippen molar-refractivity contribution in [1.29, 1.82) is 0 Å². The Bertz CT molecular complexity index is 1670. The maximum absolute atomic E-state index is 13.4. The van der Waals surface area contributed by atoms with Gasteiger partial charge in [-0.15, -0.1) is 13.2 Å². The molecular weight excluding hydrogens is 628 g/mol. The first kappa shape index (κ1) is 36.3. The molecule has 2 saturated heterocycles. The van der Waals surface area contributed by atoms with Crippen LogP contribution >= 0.6 is 0 Å². The average molecular weight is 673 g/mol. The number of nitrogens with one attached hydrogen (secondary N) is 4. The van der Waals surface area contributed by atoms with Crippen molar-refractivity contribution in [1.82, 2.24) is 40.4 Å². The van der Waals surface area contributed by atoms with Crippen LogP contribution in [0.15, 0.2) is 49.8 Å². The van der Waals surface area contributed by atoms with E-state index in [2.05, 4.69) is 60.3 Å². The monoisotopic (exact) mass is 672 g/mol. The lowest BCUT2D eigenvalue weighted by Gasteiger charge is -2.29. The molecule has 49 heavy (non-hydrogen) atoms. The number of imidazole rings is 2. The molecule has 2 fully saturated rings. The number of H-pyrrole nitrogens is 2. The normalized spacial score (nSPS) is 17.3. The van der Waals surface area contributed by atoms with Gasteiger partial charge in [0.15, 0.2) is 0 Å². The Labute approximate surface area is 286 Å². The maximum atomic E-state index is 13.4. The summed E-state index contributed by atoms with van der Waals surface area (Å²) in [7, 11) is 2.53. The number of amides is 4. The van der Waals surface area contributed by atoms with Crippen LogP contribution in [-0.2, 0) is 19.1 Å². The van der Waals surface area contributed by atoms with Crippen LogP contribution in [0.4, 0.5) is 9.59 Å². The second-order valence-electron chi connectivity index (χ2n) is 11.8. The number of carbonyl (C=O) groups is 4. The Morgan fingerprint density at radius 1 is 0.898 bits per heavy atom. The summed E-state index contributed by atoms with van der Waals surface area (Å²) in [5.74, 6) is 7.18. The Hall–Kier alpha value is -5.58. The highest BCUT2D eigenvalue weighted by atomic mass is 16.5. The van der Waals surface area contributed by atoms with Gasteiger partial charge < -0.3 is 39.9 Å². The van der Waals surface area contributed by atoms with Gasteiger partial charge in [0.1, 0.15) is 29.9 Å². The van der Waals surface area contributed by atoms with Gasteiger partial charge in [-0.1, -0.05) is 31.9 Å². The van der Waals surface area contributed by atoms with Gasteiger partial charge in [0.2, 0.25) is 11.8 Å². The fraction of sp³-hybridized carbons (Fsp3) is 0.429. The average Bonchev–Trinajstić information content (AvgIpc) is 3.95. The predicted octanol–water partition coefficient (Wildman–Crippen LogP) is 4.07. The molecule has 1 aromatic carbocycles. The molecule has 0 bridgehead atoms. The van der Waals surface area contributed by atoms with E-state index in [0.717, 1.165) is 42.5 Å². The number of aromatic nitrogens is 4. The minimum absolute atomic E-state index is 0.112. The summed E-state index contributed by atoms with van der Waals surface area (Å²) in [6.07, 6.45) is 5.35. The van der Waals surface area contributed by atoms with Gasteiger partial charge in [0, 0.05) is 18.7 Å². The maximum Gasteiger partial charge on any atom is 0.407 e. The first-order chi connectivity index (χ1) is 23.7. The molecule has 0 aliphatic carbocycles. The number of hydrogen-bond donors (Lipinski definition) is 4. The van der Waals surface area contributed by atoms with Crippen molar-refractivity contribution in [3.8, 4) is 23.1 Å². The number of ether oxygens (including phenoxy) is 2. The highest BCUT2D eigenvalue weighted by Crippen LogP contribution is 2.32. The van der Waals surface area contributed by atoms with Gasteiger partial charge in [-0.25, -0.2) is 19.6 Å². The molecule has 3 aromatic rings. The van der Waals surface area contributed by atoms with Gasteiger partial charge in [0.05, 0.1) is 44.4 Å². The van der Waals surface area contributed by atoms with Crippen molar-refractivity contribution in [3.63, 3.8) is 0 Å². The van der Waals surface area contributed by atoms with Crippen LogP contribution in [0.2, 0.25) is 0 Å². The van der Waals surface area contributed by atoms with Gasteiger partial charge >= 0.3 is 12.2 Å². The van der Waals surface area contributed by atoms with Crippen LogP contribution in [0.5, 0.6) is 0 Å². The van der Waals surface area contributed by atoms with Crippen molar-refractivity contribution in [2.45, 2.75) is 57.7 Å². The third kappa shape index (κ3) is 8.86. The zero-order valence-corrected chi connectivity index (χ0v) is 28.4. The second-order valence-corrected chi connectivity index (χ2v) is 11.8. The second kappa shape index (κ2) is 17.0. The lowest BCUT2D eigenvalue weighted by atomic mass is 10.0. The Morgan fingerprint density at radius 2 is 1.51 bits per heavy atom. The molecule has 2 aliphatic heterocycles. The Morgan fingerprint density at radius 3 is 2.16 bits per heavy atom. The summed E-state index contributed by atoms with van der Waals surface area (Å²) >= 11 is 0. The fourth-order valence-electron chi connectivity index (χ4n) is 5.96. The number of hydrogen-bond acceptors (Lipinski definition) is 8. The van der Waals surface area contributed by atoms with Crippen LogP contribution in [0.1, 0.15) is 74.5 Å². The van der Waals surface area contributed by atoms with Gasteiger partial charge in [0.25, 0.3) is 0 Å². The molecule has 0 spiro atoms. The third-order valence-electron chi connectivity index (χ3n) is 8.43. The van der Waals surface area contributed by atoms with Gasteiger partial charge in [-0.3, -0.25) is 9.59 Å². The van der Waals surface area contributed by atoms with Crippen LogP contribution < -0.4 is 10.6 Å². The fourth-order valence-corrected chi connectivity index (χ4v) is 5.96. The zero-order chi connectivity index (χ0) is 35.5. The molecule has 0 saturated carbocycles. The van der Waals surface area contributed by atoms with Gasteiger partial charge in [-0.2, -0.15) is 0 Å². The smallest absolute Gasteiger partial charge is 0.407 e. The molecule has 4 N–H and O–H groups in total. The van der Waals surface area contributed by atoms with E-state index in [1.807, 2.05) is 38.1 Å². The van der Waals surface area contributed by atoms with Crippen LogP contribution in [0.3, 0.4) is 0 Å². The SMILES string of the molecule is C=C.COC(=O)NCC(=O)N1CCC[C@H]1c1ncc(-c2ccc(C#Cc3cnc([C@@H]4CCCN4C(=O)C(NC(=O)OC)C(C)C)[nH]3)cc2)[nH]1. The highest BCUT2D eigenvalue weighted by Gasteiger charge is 2.37. The van der Waals surface area contributed by atoms with E-state index >= 15 is 0 Å². The molecule has 2 aliphatic rings. The molecule has 0 radical (unpaired) electrons. The summed E-state index contributed by atoms with van der Waals surface area (Å²) in [6, 6.07) is 6.62. The quantitative estimate of drug-likeness (QED) is 0.205. The van der Waals surface area contributed by atoms with E-state index in [0.29, 0.717) is 30.4 Å². The zero-order valence-electron chi connectivity index (χ0n) is 28.4. The number of benzene rings is 1. The molecular formula is C35H44N8O6. The third-order valence-corrected chi connectivity index (χ3v) is 8.43. The first-order valence-electron chi connectivity index (χ1n) is 16.2. The number of nitrogens with zero attached hydrogens (tertiary/aromatic N) is 4. The number of rotatable bonds is 8. The summed E-state index contributed by atoms with van der Waals surface area (Å²) in [4.78, 5) is 68.5. The van der Waals surface area contributed by atoms with Crippen LogP contribution in [-0.4, -0.2) is 93.6 Å². The molecule has 1 unspecified atom stereocenters. The summed E-state index contributed by atoms with van der Waals surface area (Å²) < 4.78 is 9.26. The van der Waals surface area contributed by atoms with E-state index in [1.54, 1.807) is 22.2 Å². The van der Waals surface area contributed by atoms with Crippen molar-refractivity contribution >= 4 is 24.0 Å². The molecule has 3 atom stereocenters. The standard InChI is InChI=1S/C33H40N8O6.C2H4/c1-20(2)28(39-33(45)47-4)31(43)41-16-6-8-26(41)29-34-17-23(37-29)14-11-21-9-12-22(13-10-21)24-18-35-30(38-24)25-7-5-15-40(25)27(42)19-36-32(44)46-3;1-2/h9-10,12-13,17-18,20,25-26,28H,5-8,15-16,19H2,1-4H3,(H,34,37)(H,35,38)(H,36,44)(H,39,45);1-2H2/t25-,26-,28?;/m0./s1. The largest absolute Gasteiger partial charge is 0.453 e. The molecule has 2 aromatic heterocycles. The van der Waals surface area contributed by atoms with Crippen molar-refractivity contribution < 1.29 is 28.7 Å². The highest BCUT2D eigenvalue weighted by molar-refractivity contribution is 5.86. The van der Waals surface area contributed by atoms with Crippen molar-refractivity contribution in [2.75, 3.05) is 33.9 Å². The van der Waals surface area contributed by atoms with Crippen LogP contribution in [0.25, 0.3) is 11.3 Å². The van der Waals surface area contributed by atoms with E-state index in [4.69, 9.17) is 4.74 Å². The molecule has 4 heterocycles. The molecule has 260 valence electrons. The van der Waals surface area contributed by atoms with Crippen molar-refractivity contribution in [3.05, 3.63) is 72.7 Å². The van der Waals surface area contributed by atoms with Crippen molar-refractivity contribution in [2.24, 2.45) is 5.92 Å². The topological polar surface area (TPSA) is 175 Å². The lowest BCUT2D eigenvalue weighted by Crippen LogP contribution is -2.51. The number of likely N-dealkylation sites (tertiary alicyclic amines) is 2. The summed E-state index contributed by atoms with van der Waals surface area (Å²) in [5.41, 5.74) is 3.18. The Kier molecular flexibility index (Phi) is 12.6. The molecule has 14 heteroatoms. The van der Waals surface area contributed by atoms with E-state index < -0.39 is 18.2 Å². The molecule has 5 rings (SSSR count). The number of aromatic amines is 2. The molecule has 4 amide bonds. The summed E-state index contributed by atoms with van der Waals surface area (Å²) in [6.45, 7) is 10.8. The Balaban J connectivity index is 0.00000265. The van der Waals surface area contributed by atoms with E-state index in [1.165, 1.54) is 14.2 Å². The first-order valence-corrected chi connectivity index (χ1v) is 16.2. The number of carbonyl (C=O) groups excluding carboxylic acids is 4. The number of alkyl carbamates (subject to hydrolysis) is 2. The van der Waals surface area contributed by atoms with E-state index in [-0.39, 0.29) is 36.4 Å². The van der Waals surface area contributed by atoms with E-state index in [9.17, 15) is 19.2 Å². The minimum atomic E-state index is -0.697. The summed E-state index contributed by atoms with van der Waals surface area (Å²) in [5, 5.41) is 5.10. The molecule has 14 nitrogen and oxygen atoms in total. The van der Waals surface area contributed by atoms with Gasteiger partial charge in [-0.05, 0) is 55.2 Å².